The highest BCUT2D eigenvalue weighted by Gasteiger charge is 2.44. The highest BCUT2D eigenvalue weighted by atomic mass is 16.8. The van der Waals surface area contributed by atoms with Crippen molar-refractivity contribution in [2.45, 2.75) is 55.8 Å². The summed E-state index contributed by atoms with van der Waals surface area (Å²) >= 11 is 0. The molecule has 0 spiro atoms. The first-order valence-corrected chi connectivity index (χ1v) is 18.1. The topological polar surface area (TPSA) is 193 Å². The number of carbonyl (C=O) groups excluding carboxylic acids is 3. The number of aromatic nitrogens is 2. The number of benzene rings is 4. The lowest BCUT2D eigenvalue weighted by Gasteiger charge is -2.21. The first-order chi connectivity index (χ1) is 27.1. The Morgan fingerprint density at radius 2 is 1.18 bits per heavy atom. The third-order valence-corrected chi connectivity index (χ3v) is 10.6. The largest absolute Gasteiger partial charge is 0.516 e. The van der Waals surface area contributed by atoms with Gasteiger partial charge in [0.25, 0.3) is 5.56 Å². The molecule has 0 bridgehead atoms. The average Bonchev–Trinajstić information content (AvgIpc) is 3.81. The molecule has 286 valence electrons. The van der Waals surface area contributed by atoms with Crippen LogP contribution in [0.4, 0.5) is 9.59 Å². The lowest BCUT2D eigenvalue weighted by molar-refractivity contribution is -0.151. The Morgan fingerprint density at radius 3 is 1.64 bits per heavy atom. The maximum absolute atomic E-state index is 13.7. The SMILES string of the molecule is CC[C@H]1O[C@@H](n2cc(C(OC(=O)OCC3c4ccccc4-c4ccccc43)C(=O)OC(=O)OCC3c4ccccc4-c4ccccc43)c(=O)[nH]c2=O)[C@H](O)[C@@H]1O. The standard InChI is InChI=1S/C42H36N2O12/c1-2-33-34(45)35(46)38(54-33)44-19-30(37(47)43-40(44)49)36(55-41(50)52-20-31-26-15-7-3-11-22(26)23-12-4-8-16-27(23)31)39(48)56-42(51)53-21-32-28-17-9-5-13-24(28)25-14-6-10-18-29(25)32/h3-19,31-36,38,45-46H,2,20-21H2,1H3,(H,43,47,49)/t33-,34-,35-,36?,38-/m1/s1. The molecule has 1 fully saturated rings. The predicted molar refractivity (Wildman–Crippen MR) is 198 cm³/mol. The van der Waals surface area contributed by atoms with Gasteiger partial charge in [-0.1, -0.05) is 104 Å². The predicted octanol–water partition coefficient (Wildman–Crippen LogP) is 5.06. The van der Waals surface area contributed by atoms with E-state index in [0.29, 0.717) is 0 Å². The maximum Gasteiger partial charge on any atom is 0.516 e. The Kier molecular flexibility index (Phi) is 9.85. The number of aromatic amines is 1. The smallest absolute Gasteiger partial charge is 0.433 e. The number of carbonyl (C=O) groups is 3. The maximum atomic E-state index is 13.7. The fourth-order valence-electron chi connectivity index (χ4n) is 7.89. The van der Waals surface area contributed by atoms with Crippen molar-refractivity contribution < 1.29 is 48.3 Å². The van der Waals surface area contributed by atoms with E-state index in [1.54, 1.807) is 6.92 Å². The molecule has 0 amide bonds. The summed E-state index contributed by atoms with van der Waals surface area (Å²) in [6, 6.07) is 30.5. The van der Waals surface area contributed by atoms with Crippen molar-refractivity contribution in [3.8, 4) is 22.3 Å². The summed E-state index contributed by atoms with van der Waals surface area (Å²) in [6.45, 7) is 1.28. The number of hydrogen-bond donors (Lipinski definition) is 3. The second kappa shape index (κ2) is 15.1. The molecule has 0 radical (unpaired) electrons. The minimum Gasteiger partial charge on any atom is -0.433 e. The third kappa shape index (κ3) is 6.57. The fourth-order valence-corrected chi connectivity index (χ4v) is 7.89. The van der Waals surface area contributed by atoms with Gasteiger partial charge in [0.15, 0.2) is 6.23 Å². The molecule has 1 aromatic heterocycles. The van der Waals surface area contributed by atoms with E-state index >= 15 is 0 Å². The second-order valence-electron chi connectivity index (χ2n) is 13.7. The van der Waals surface area contributed by atoms with E-state index in [-0.39, 0.29) is 31.5 Å². The molecular formula is C42H36N2O12. The first-order valence-electron chi connectivity index (χ1n) is 18.1. The average molecular weight is 761 g/mol. The quantitative estimate of drug-likeness (QED) is 0.134. The van der Waals surface area contributed by atoms with Gasteiger partial charge in [0.2, 0.25) is 6.10 Å². The van der Waals surface area contributed by atoms with Crippen molar-refractivity contribution in [3.63, 3.8) is 0 Å². The number of nitrogens with one attached hydrogen (secondary N) is 1. The monoisotopic (exact) mass is 760 g/mol. The van der Waals surface area contributed by atoms with Crippen molar-refractivity contribution in [1.29, 1.82) is 0 Å². The highest BCUT2D eigenvalue weighted by Crippen LogP contribution is 2.46. The Morgan fingerprint density at radius 1 is 0.714 bits per heavy atom. The number of aliphatic hydroxyl groups is 2. The molecule has 14 nitrogen and oxygen atoms in total. The Labute approximate surface area is 318 Å². The van der Waals surface area contributed by atoms with Crippen LogP contribution in [0.2, 0.25) is 0 Å². The van der Waals surface area contributed by atoms with Crippen LogP contribution in [0.25, 0.3) is 22.3 Å². The summed E-state index contributed by atoms with van der Waals surface area (Å²) in [5, 5.41) is 21.2. The van der Waals surface area contributed by atoms with Crippen LogP contribution in [0.15, 0.2) is 113 Å². The molecule has 0 saturated carbocycles. The van der Waals surface area contributed by atoms with Gasteiger partial charge < -0.3 is 33.9 Å². The number of hydrogen-bond acceptors (Lipinski definition) is 12. The van der Waals surface area contributed by atoms with Crippen molar-refractivity contribution >= 4 is 18.3 Å². The number of fused-ring (bicyclic) bond motifs is 6. The van der Waals surface area contributed by atoms with Gasteiger partial charge >= 0.3 is 24.0 Å². The molecule has 2 aliphatic carbocycles. The molecule has 2 heterocycles. The van der Waals surface area contributed by atoms with Crippen molar-refractivity contribution in [2.75, 3.05) is 13.2 Å². The molecule has 1 aliphatic heterocycles. The van der Waals surface area contributed by atoms with E-state index < -0.39 is 65.7 Å². The van der Waals surface area contributed by atoms with Crippen LogP contribution in [0.5, 0.6) is 0 Å². The zero-order valence-corrected chi connectivity index (χ0v) is 29.9. The zero-order chi connectivity index (χ0) is 39.1. The van der Waals surface area contributed by atoms with Crippen LogP contribution in [-0.2, 0) is 28.5 Å². The van der Waals surface area contributed by atoms with Crippen LogP contribution < -0.4 is 11.2 Å². The van der Waals surface area contributed by atoms with E-state index in [4.69, 9.17) is 23.7 Å². The summed E-state index contributed by atoms with van der Waals surface area (Å²) in [5.74, 6) is -2.29. The van der Waals surface area contributed by atoms with Gasteiger partial charge in [-0.2, -0.15) is 0 Å². The lowest BCUT2D eigenvalue weighted by atomic mass is 9.98. The van der Waals surface area contributed by atoms with Gasteiger partial charge in [-0.05, 0) is 50.9 Å². The molecule has 8 rings (SSSR count). The van der Waals surface area contributed by atoms with Crippen LogP contribution >= 0.6 is 0 Å². The molecule has 4 aromatic carbocycles. The number of nitrogens with zero attached hydrogens (tertiary/aromatic N) is 1. The molecule has 5 atom stereocenters. The van der Waals surface area contributed by atoms with Crippen LogP contribution in [0.1, 0.15) is 65.3 Å². The minimum atomic E-state index is -2.27. The van der Waals surface area contributed by atoms with E-state index in [1.165, 1.54) is 0 Å². The molecule has 1 saturated heterocycles. The summed E-state index contributed by atoms with van der Waals surface area (Å²) in [5.41, 5.74) is 4.60. The number of aliphatic hydroxyl groups excluding tert-OH is 2. The molecule has 3 N–H and O–H groups in total. The number of rotatable bonds is 9. The zero-order valence-electron chi connectivity index (χ0n) is 29.9. The van der Waals surface area contributed by atoms with E-state index in [2.05, 4.69) is 0 Å². The van der Waals surface area contributed by atoms with Gasteiger partial charge in [0.05, 0.1) is 11.7 Å². The minimum absolute atomic E-state index is 0.207. The van der Waals surface area contributed by atoms with Crippen LogP contribution in [0.3, 0.4) is 0 Å². The summed E-state index contributed by atoms with van der Waals surface area (Å²) in [7, 11) is 0. The summed E-state index contributed by atoms with van der Waals surface area (Å²) < 4.78 is 27.8. The fraction of sp³-hybridized carbons (Fsp3) is 0.262. The second-order valence-corrected chi connectivity index (χ2v) is 13.7. The lowest BCUT2D eigenvalue weighted by Crippen LogP contribution is -2.40. The highest BCUT2D eigenvalue weighted by molar-refractivity contribution is 5.87. The van der Waals surface area contributed by atoms with E-state index in [1.807, 2.05) is 102 Å². The molecule has 1 unspecified atom stereocenters. The van der Waals surface area contributed by atoms with Crippen molar-refractivity contribution in [1.82, 2.24) is 9.55 Å². The van der Waals surface area contributed by atoms with E-state index in [0.717, 1.165) is 55.3 Å². The van der Waals surface area contributed by atoms with Gasteiger partial charge in [-0.25, -0.2) is 19.2 Å². The first kappa shape index (κ1) is 36.6. The van der Waals surface area contributed by atoms with Gasteiger partial charge in [-0.3, -0.25) is 14.3 Å². The normalized spacial score (nSPS) is 20.0. The van der Waals surface area contributed by atoms with Crippen molar-refractivity contribution in [2.24, 2.45) is 0 Å². The molecule has 56 heavy (non-hydrogen) atoms. The molecular weight excluding hydrogens is 724 g/mol. The van der Waals surface area contributed by atoms with Crippen molar-refractivity contribution in [3.05, 3.63) is 152 Å². The van der Waals surface area contributed by atoms with Crippen LogP contribution in [-0.4, -0.2) is 69.6 Å². The van der Waals surface area contributed by atoms with E-state index in [9.17, 15) is 34.2 Å². The van der Waals surface area contributed by atoms with Gasteiger partial charge in [0, 0.05) is 18.0 Å². The summed E-state index contributed by atoms with van der Waals surface area (Å²) in [4.78, 5) is 68.5. The number of H-pyrrole nitrogens is 1. The number of esters is 1. The third-order valence-electron chi connectivity index (χ3n) is 10.6. The molecule has 5 aromatic rings. The molecule has 3 aliphatic rings. The van der Waals surface area contributed by atoms with Gasteiger partial charge in [-0.15, -0.1) is 0 Å². The Bertz CT molecular complexity index is 2370. The Balaban J connectivity index is 1.04. The summed E-state index contributed by atoms with van der Waals surface area (Å²) in [6.07, 6.45) is -9.32. The Hall–Kier alpha value is -6.35. The van der Waals surface area contributed by atoms with Gasteiger partial charge in [0.1, 0.15) is 25.4 Å². The number of ether oxygens (including phenoxy) is 5. The molecule has 14 heteroatoms. The van der Waals surface area contributed by atoms with Crippen LogP contribution in [0, 0.1) is 0 Å².